The lowest BCUT2D eigenvalue weighted by molar-refractivity contribution is -0.152. The van der Waals surface area contributed by atoms with Gasteiger partial charge in [-0.05, 0) is 45.5 Å². The number of ether oxygens (including phenoxy) is 1. The van der Waals surface area contributed by atoms with Gasteiger partial charge in [0.25, 0.3) is 0 Å². The largest absolute Gasteiger partial charge is 0.465 e. The fourth-order valence-corrected chi connectivity index (χ4v) is 2.31. The van der Waals surface area contributed by atoms with Crippen LogP contribution in [0, 0.1) is 0 Å². The standard InChI is InChI=1S/C15H21NO2/c1-3-18-14(17)15(9-11-16(2)12-10-15)13-7-5-4-6-8-13/h4-8H,3,9-12H2,1-2H3/i4D,5D,6D,7D,8D. The first-order valence-electron chi connectivity index (χ1n) is 8.69. The number of rotatable bonds is 3. The summed E-state index contributed by atoms with van der Waals surface area (Å²) in [6, 6.07) is -1.90. The number of benzene rings is 1. The molecule has 0 unspecified atom stereocenters. The smallest absolute Gasteiger partial charge is 0.316 e. The number of carbonyl (C=O) groups is 1. The second kappa shape index (κ2) is 5.53. The summed E-state index contributed by atoms with van der Waals surface area (Å²) in [6.45, 7) is 3.08. The molecule has 1 aromatic carbocycles. The molecule has 0 aromatic heterocycles. The maximum absolute atomic E-state index is 12.7. The van der Waals surface area contributed by atoms with Gasteiger partial charge in [-0.1, -0.05) is 30.2 Å². The molecule has 0 aliphatic carbocycles. The molecule has 1 fully saturated rings. The number of esters is 1. The molecular formula is C15H21NO2. The molecule has 3 nitrogen and oxygen atoms in total. The van der Waals surface area contributed by atoms with E-state index < -0.39 is 29.5 Å². The fourth-order valence-electron chi connectivity index (χ4n) is 2.31. The third-order valence-corrected chi connectivity index (χ3v) is 3.49. The van der Waals surface area contributed by atoms with Gasteiger partial charge in [0.2, 0.25) is 0 Å². The number of carbonyl (C=O) groups excluding carboxylic acids is 1. The number of hydrogen-bond donors (Lipinski definition) is 0. The predicted octanol–water partition coefficient (Wildman–Crippen LogP) is 2.21. The molecule has 3 heteroatoms. The molecule has 0 saturated carbocycles. The molecular weight excluding hydrogens is 226 g/mol. The van der Waals surface area contributed by atoms with Crippen LogP contribution in [-0.2, 0) is 14.9 Å². The van der Waals surface area contributed by atoms with Gasteiger partial charge in [-0.25, -0.2) is 0 Å². The Labute approximate surface area is 116 Å². The number of nitrogens with zero attached hydrogens (tertiary/aromatic N) is 1. The van der Waals surface area contributed by atoms with E-state index in [0.717, 1.165) is 0 Å². The van der Waals surface area contributed by atoms with Crippen molar-refractivity contribution in [2.75, 3.05) is 26.7 Å². The van der Waals surface area contributed by atoms with E-state index in [0.29, 0.717) is 25.9 Å². The van der Waals surface area contributed by atoms with Crippen molar-refractivity contribution in [2.45, 2.75) is 25.2 Å². The van der Waals surface area contributed by atoms with E-state index in [1.165, 1.54) is 0 Å². The Balaban J connectivity index is 2.68. The average molecular weight is 252 g/mol. The molecule has 1 aliphatic rings. The second-order valence-electron chi connectivity index (χ2n) is 4.61. The van der Waals surface area contributed by atoms with Crippen LogP contribution in [0.2, 0.25) is 0 Å². The first-order valence-corrected chi connectivity index (χ1v) is 6.19. The van der Waals surface area contributed by atoms with E-state index in [9.17, 15) is 4.79 Å². The Morgan fingerprint density at radius 3 is 2.56 bits per heavy atom. The van der Waals surface area contributed by atoms with Crippen molar-refractivity contribution in [3.63, 3.8) is 0 Å². The number of hydrogen-bond acceptors (Lipinski definition) is 3. The summed E-state index contributed by atoms with van der Waals surface area (Å²) >= 11 is 0. The first-order chi connectivity index (χ1) is 10.8. The number of likely N-dealkylation sites (tertiary alicyclic amines) is 1. The van der Waals surface area contributed by atoms with Gasteiger partial charge in [-0.3, -0.25) is 4.79 Å². The Bertz CT molecular complexity index is 598. The molecule has 18 heavy (non-hydrogen) atoms. The third kappa shape index (κ3) is 2.41. The predicted molar refractivity (Wildman–Crippen MR) is 71.5 cm³/mol. The fraction of sp³-hybridized carbons (Fsp3) is 0.533. The minimum absolute atomic E-state index is 0.0649. The zero-order valence-corrected chi connectivity index (χ0v) is 10.8. The molecule has 0 amide bonds. The van der Waals surface area contributed by atoms with Crippen molar-refractivity contribution in [3.8, 4) is 0 Å². The molecule has 0 radical (unpaired) electrons. The van der Waals surface area contributed by atoms with E-state index >= 15 is 0 Å². The van der Waals surface area contributed by atoms with Crippen LogP contribution in [0.25, 0.3) is 0 Å². The molecule has 0 N–H and O–H groups in total. The van der Waals surface area contributed by atoms with Crippen molar-refractivity contribution >= 4 is 5.97 Å². The molecule has 98 valence electrons. The van der Waals surface area contributed by atoms with E-state index in [4.69, 9.17) is 11.6 Å². The van der Waals surface area contributed by atoms with Crippen LogP contribution in [0.4, 0.5) is 0 Å². The van der Waals surface area contributed by atoms with Crippen LogP contribution >= 0.6 is 0 Å². The minimum atomic E-state index is -1.18. The zero-order chi connectivity index (χ0) is 17.4. The second-order valence-corrected chi connectivity index (χ2v) is 4.61. The molecule has 2 rings (SSSR count). The van der Waals surface area contributed by atoms with Gasteiger partial charge in [0, 0.05) is 0 Å². The van der Waals surface area contributed by atoms with Crippen LogP contribution in [0.15, 0.2) is 30.2 Å². The summed E-state index contributed by atoms with van der Waals surface area (Å²) in [5, 5.41) is 0. The van der Waals surface area contributed by atoms with Gasteiger partial charge in [-0.15, -0.1) is 0 Å². The monoisotopic (exact) mass is 252 g/mol. The lowest BCUT2D eigenvalue weighted by Gasteiger charge is -2.38. The van der Waals surface area contributed by atoms with Gasteiger partial charge >= 0.3 is 5.97 Å². The Morgan fingerprint density at radius 2 is 2.00 bits per heavy atom. The topological polar surface area (TPSA) is 29.5 Å². The summed E-state index contributed by atoms with van der Waals surface area (Å²) in [5.41, 5.74) is -1.12. The maximum Gasteiger partial charge on any atom is 0.316 e. The van der Waals surface area contributed by atoms with Crippen molar-refractivity contribution in [2.24, 2.45) is 0 Å². The van der Waals surface area contributed by atoms with Crippen LogP contribution in [0.5, 0.6) is 0 Å². The number of piperidine rings is 1. The minimum Gasteiger partial charge on any atom is -0.465 e. The van der Waals surface area contributed by atoms with Crippen LogP contribution < -0.4 is 0 Å². The molecule has 0 atom stereocenters. The highest BCUT2D eigenvalue weighted by Crippen LogP contribution is 2.36. The van der Waals surface area contributed by atoms with Crippen LogP contribution in [-0.4, -0.2) is 37.6 Å². The summed E-state index contributed by atoms with van der Waals surface area (Å²) in [4.78, 5) is 14.7. The van der Waals surface area contributed by atoms with Crippen molar-refractivity contribution in [1.29, 1.82) is 0 Å². The van der Waals surface area contributed by atoms with Crippen molar-refractivity contribution in [1.82, 2.24) is 4.90 Å². The normalized spacial score (nSPS) is 23.3. The van der Waals surface area contributed by atoms with Gasteiger partial charge in [0.15, 0.2) is 0 Å². The third-order valence-electron chi connectivity index (χ3n) is 3.49. The average Bonchev–Trinajstić information content (AvgIpc) is 2.53. The van der Waals surface area contributed by atoms with E-state index in [2.05, 4.69) is 0 Å². The van der Waals surface area contributed by atoms with E-state index in [1.54, 1.807) is 6.92 Å². The highest BCUT2D eigenvalue weighted by molar-refractivity contribution is 5.83. The summed E-state index contributed by atoms with van der Waals surface area (Å²) in [5.74, 6) is -0.508. The molecule has 0 bridgehead atoms. The van der Waals surface area contributed by atoms with Crippen LogP contribution in [0.1, 0.15) is 32.2 Å². The summed E-state index contributed by atoms with van der Waals surface area (Å²) < 4.78 is 45.0. The van der Waals surface area contributed by atoms with Gasteiger partial charge in [0.05, 0.1) is 18.9 Å². The summed E-state index contributed by atoms with van der Waals surface area (Å²) in [7, 11) is 1.93. The lowest BCUT2D eigenvalue weighted by atomic mass is 9.73. The first kappa shape index (κ1) is 7.95. The molecule has 1 aromatic rings. The molecule has 1 heterocycles. The highest BCUT2D eigenvalue weighted by Gasteiger charge is 2.43. The molecule has 0 spiro atoms. The lowest BCUT2D eigenvalue weighted by Crippen LogP contribution is -2.47. The van der Waals surface area contributed by atoms with Crippen LogP contribution in [0.3, 0.4) is 0 Å². The van der Waals surface area contributed by atoms with Crippen molar-refractivity contribution in [3.05, 3.63) is 35.8 Å². The Morgan fingerprint density at radius 1 is 1.39 bits per heavy atom. The van der Waals surface area contributed by atoms with E-state index in [-0.39, 0.29) is 24.3 Å². The van der Waals surface area contributed by atoms with Crippen molar-refractivity contribution < 1.29 is 16.4 Å². The SMILES string of the molecule is [2H]c1c([2H])c([2H])c(C2(C(=O)OCC)CCN(C)CC2)c([2H])c1[2H]. The van der Waals surface area contributed by atoms with Gasteiger partial charge in [0.1, 0.15) is 0 Å². The Hall–Kier alpha value is -1.35. The molecule has 1 saturated heterocycles. The van der Waals surface area contributed by atoms with Gasteiger partial charge in [-0.2, -0.15) is 0 Å². The quantitative estimate of drug-likeness (QED) is 0.773. The highest BCUT2D eigenvalue weighted by atomic mass is 16.5. The van der Waals surface area contributed by atoms with E-state index in [1.807, 2.05) is 11.9 Å². The Kier molecular flexibility index (Phi) is 2.44. The van der Waals surface area contributed by atoms with Gasteiger partial charge < -0.3 is 9.64 Å². The summed E-state index contributed by atoms with van der Waals surface area (Å²) in [6.07, 6.45) is 0.743. The molecule has 1 aliphatic heterocycles. The zero-order valence-electron chi connectivity index (χ0n) is 15.8. The maximum atomic E-state index is 12.7.